The zero-order valence-corrected chi connectivity index (χ0v) is 14.3. The van der Waals surface area contributed by atoms with Crippen molar-refractivity contribution < 1.29 is 18.4 Å². The highest BCUT2D eigenvalue weighted by atomic mass is 19.1. The maximum atomic E-state index is 14.3. The molecule has 0 spiro atoms. The van der Waals surface area contributed by atoms with Gasteiger partial charge in [0.2, 0.25) is 11.8 Å². The predicted molar refractivity (Wildman–Crippen MR) is 89.8 cm³/mol. The second kappa shape index (κ2) is 7.09. The molecular weight excluding hydrogens is 323 g/mol. The molecule has 0 unspecified atom stereocenters. The van der Waals surface area contributed by atoms with E-state index in [-0.39, 0.29) is 18.2 Å². The number of carbonyl (C=O) groups is 2. The van der Waals surface area contributed by atoms with Crippen LogP contribution >= 0.6 is 0 Å². The van der Waals surface area contributed by atoms with Gasteiger partial charge >= 0.3 is 0 Å². The molecule has 0 saturated carbocycles. The van der Waals surface area contributed by atoms with Gasteiger partial charge < -0.3 is 14.2 Å². The number of carbonyl (C=O) groups excluding carboxylic acids is 2. The van der Waals surface area contributed by atoms with Crippen molar-refractivity contribution in [3.63, 3.8) is 0 Å². The number of benzene rings is 1. The van der Waals surface area contributed by atoms with Crippen molar-refractivity contribution in [3.8, 4) is 0 Å². The highest BCUT2D eigenvalue weighted by Gasteiger charge is 2.41. The van der Waals surface area contributed by atoms with Crippen LogP contribution in [0.2, 0.25) is 0 Å². The average Bonchev–Trinajstić information content (AvgIpc) is 3.10. The van der Waals surface area contributed by atoms with Gasteiger partial charge in [0, 0.05) is 26.1 Å². The Morgan fingerprint density at radius 1 is 1.32 bits per heavy atom. The largest absolute Gasteiger partial charge is 0.467 e. The van der Waals surface area contributed by atoms with Gasteiger partial charge in [-0.2, -0.15) is 0 Å². The Bertz CT molecular complexity index is 760. The smallest absolute Gasteiger partial charge is 0.228 e. The average molecular weight is 344 g/mol. The van der Waals surface area contributed by atoms with Crippen molar-refractivity contribution >= 4 is 11.8 Å². The topological polar surface area (TPSA) is 53.8 Å². The van der Waals surface area contributed by atoms with Crippen molar-refractivity contribution in [1.82, 2.24) is 9.80 Å². The van der Waals surface area contributed by atoms with Gasteiger partial charge in [0.15, 0.2) is 0 Å². The summed E-state index contributed by atoms with van der Waals surface area (Å²) in [4.78, 5) is 28.2. The lowest BCUT2D eigenvalue weighted by molar-refractivity contribution is -0.146. The zero-order chi connectivity index (χ0) is 18.0. The van der Waals surface area contributed by atoms with Gasteiger partial charge in [0.25, 0.3) is 0 Å². The fourth-order valence-electron chi connectivity index (χ4n) is 3.43. The minimum atomic E-state index is -0.603. The van der Waals surface area contributed by atoms with Crippen molar-refractivity contribution in [2.24, 2.45) is 5.92 Å². The van der Waals surface area contributed by atoms with Crippen LogP contribution in [0.3, 0.4) is 0 Å². The van der Waals surface area contributed by atoms with Crippen LogP contribution < -0.4 is 0 Å². The lowest BCUT2D eigenvalue weighted by Crippen LogP contribution is -2.46. The SMILES string of the molecule is CN(Cc1ccco1)C(=O)[C@@H]1CCC(=O)N(C)[C@@H]1c1ccccc1F. The predicted octanol–water partition coefficient (Wildman–Crippen LogP) is 2.99. The van der Waals surface area contributed by atoms with Crippen molar-refractivity contribution in [1.29, 1.82) is 0 Å². The van der Waals surface area contributed by atoms with Gasteiger partial charge in [0.1, 0.15) is 11.6 Å². The Kier molecular flexibility index (Phi) is 4.88. The quantitative estimate of drug-likeness (QED) is 0.857. The Hall–Kier alpha value is -2.63. The zero-order valence-electron chi connectivity index (χ0n) is 14.3. The first kappa shape index (κ1) is 17.2. The molecule has 2 atom stereocenters. The van der Waals surface area contributed by atoms with Crippen LogP contribution in [0.5, 0.6) is 0 Å². The van der Waals surface area contributed by atoms with E-state index in [0.717, 1.165) is 0 Å². The van der Waals surface area contributed by atoms with E-state index in [1.54, 1.807) is 55.6 Å². The number of rotatable bonds is 4. The van der Waals surface area contributed by atoms with E-state index in [2.05, 4.69) is 0 Å². The van der Waals surface area contributed by atoms with Crippen LogP contribution in [0.25, 0.3) is 0 Å². The van der Waals surface area contributed by atoms with E-state index in [0.29, 0.717) is 24.3 Å². The number of amides is 2. The molecule has 132 valence electrons. The van der Waals surface area contributed by atoms with E-state index in [9.17, 15) is 14.0 Å². The van der Waals surface area contributed by atoms with Gasteiger partial charge in [-0.15, -0.1) is 0 Å². The number of halogens is 1. The van der Waals surface area contributed by atoms with Crippen molar-refractivity contribution in [2.45, 2.75) is 25.4 Å². The number of piperidine rings is 1. The molecular formula is C19H21FN2O3. The molecule has 1 aliphatic heterocycles. The van der Waals surface area contributed by atoms with Crippen LogP contribution in [0.15, 0.2) is 47.1 Å². The summed E-state index contributed by atoms with van der Waals surface area (Å²) in [5.41, 5.74) is 0.378. The lowest BCUT2D eigenvalue weighted by Gasteiger charge is -2.40. The molecule has 1 saturated heterocycles. The monoisotopic (exact) mass is 344 g/mol. The van der Waals surface area contributed by atoms with Gasteiger partial charge in [-0.1, -0.05) is 18.2 Å². The second-order valence-electron chi connectivity index (χ2n) is 6.39. The summed E-state index contributed by atoms with van der Waals surface area (Å²) >= 11 is 0. The third-order valence-electron chi connectivity index (χ3n) is 4.75. The third kappa shape index (κ3) is 3.43. The first-order valence-electron chi connectivity index (χ1n) is 8.26. The van der Waals surface area contributed by atoms with Crippen LogP contribution in [-0.4, -0.2) is 35.7 Å². The minimum absolute atomic E-state index is 0.0778. The van der Waals surface area contributed by atoms with Crippen LogP contribution in [0.4, 0.5) is 4.39 Å². The third-order valence-corrected chi connectivity index (χ3v) is 4.75. The highest BCUT2D eigenvalue weighted by molar-refractivity contribution is 5.84. The van der Waals surface area contributed by atoms with Crippen LogP contribution in [0, 0.1) is 11.7 Å². The lowest BCUT2D eigenvalue weighted by atomic mass is 9.83. The number of nitrogens with zero attached hydrogens (tertiary/aromatic N) is 2. The molecule has 2 aromatic rings. The van der Waals surface area contributed by atoms with E-state index in [1.807, 2.05) is 0 Å². The van der Waals surface area contributed by atoms with Crippen LogP contribution in [-0.2, 0) is 16.1 Å². The summed E-state index contributed by atoms with van der Waals surface area (Å²) < 4.78 is 19.6. The molecule has 3 rings (SSSR count). The first-order valence-corrected chi connectivity index (χ1v) is 8.26. The van der Waals surface area contributed by atoms with Crippen molar-refractivity contribution in [2.75, 3.05) is 14.1 Å². The normalized spacial score (nSPS) is 20.6. The molecule has 6 heteroatoms. The van der Waals surface area contributed by atoms with Gasteiger partial charge in [-0.25, -0.2) is 4.39 Å². The van der Waals surface area contributed by atoms with Crippen LogP contribution in [0.1, 0.15) is 30.2 Å². The minimum Gasteiger partial charge on any atom is -0.467 e. The Balaban J connectivity index is 1.88. The molecule has 1 fully saturated rings. The summed E-state index contributed by atoms with van der Waals surface area (Å²) in [6.45, 7) is 0.337. The van der Waals surface area contributed by atoms with E-state index in [1.165, 1.54) is 11.0 Å². The molecule has 0 bridgehead atoms. The second-order valence-corrected chi connectivity index (χ2v) is 6.39. The summed E-state index contributed by atoms with van der Waals surface area (Å²) in [6.07, 6.45) is 2.25. The molecule has 0 N–H and O–H groups in total. The fourth-order valence-corrected chi connectivity index (χ4v) is 3.43. The van der Waals surface area contributed by atoms with E-state index < -0.39 is 17.8 Å². The summed E-state index contributed by atoms with van der Waals surface area (Å²) in [7, 11) is 3.32. The molecule has 1 aromatic heterocycles. The molecule has 1 aromatic carbocycles. The maximum absolute atomic E-state index is 14.3. The van der Waals surface area contributed by atoms with Gasteiger partial charge in [0.05, 0.1) is 24.8 Å². The van der Waals surface area contributed by atoms with Crippen molar-refractivity contribution in [3.05, 3.63) is 59.8 Å². The van der Waals surface area contributed by atoms with Gasteiger partial charge in [-0.05, 0) is 24.6 Å². The molecule has 25 heavy (non-hydrogen) atoms. The first-order chi connectivity index (χ1) is 12.0. The molecule has 2 heterocycles. The van der Waals surface area contributed by atoms with Gasteiger partial charge in [-0.3, -0.25) is 9.59 Å². The molecule has 0 aliphatic carbocycles. The molecule has 2 amide bonds. The molecule has 1 aliphatic rings. The Morgan fingerprint density at radius 2 is 2.08 bits per heavy atom. The fraction of sp³-hybridized carbons (Fsp3) is 0.368. The molecule has 5 nitrogen and oxygen atoms in total. The number of hydrogen-bond acceptors (Lipinski definition) is 3. The summed E-state index contributed by atoms with van der Waals surface area (Å²) in [5, 5.41) is 0. The number of furan rings is 1. The standard InChI is InChI=1S/C19H21FN2O3/c1-21(12-13-6-5-11-25-13)19(24)15-9-10-17(23)22(2)18(15)14-7-3-4-8-16(14)20/h3-8,11,15,18H,9-10,12H2,1-2H3/t15-,18-/m1/s1. The van der Waals surface area contributed by atoms with E-state index >= 15 is 0 Å². The Labute approximate surface area is 146 Å². The molecule has 0 radical (unpaired) electrons. The maximum Gasteiger partial charge on any atom is 0.228 e. The number of hydrogen-bond donors (Lipinski definition) is 0. The summed E-state index contributed by atoms with van der Waals surface area (Å²) in [5.74, 6) is -0.409. The number of likely N-dealkylation sites (tertiary alicyclic amines) is 1. The highest BCUT2D eigenvalue weighted by Crippen LogP contribution is 2.37. The summed E-state index contributed by atoms with van der Waals surface area (Å²) in [6, 6.07) is 9.28. The Morgan fingerprint density at radius 3 is 2.76 bits per heavy atom. The van der Waals surface area contributed by atoms with E-state index in [4.69, 9.17) is 4.42 Å².